The Balaban J connectivity index is 2.08. The zero-order chi connectivity index (χ0) is 16.9. The number of anilines is 1. The standard InChI is InChI=1S/C16H17BrN2O3S/c1-12(20)18-11-10-13-6-8-14(9-7-13)23(21,22)19-16-5-3-2-4-15(16)17/h2-9,19H,10-11H2,1H3,(H,18,20). The molecule has 0 spiro atoms. The number of carbonyl (C=O) groups excluding carboxylic acids is 1. The van der Waals surface area contributed by atoms with Crippen LogP contribution in [-0.4, -0.2) is 20.9 Å². The molecule has 0 heterocycles. The van der Waals surface area contributed by atoms with Gasteiger partial charge in [0.1, 0.15) is 0 Å². The maximum absolute atomic E-state index is 12.4. The smallest absolute Gasteiger partial charge is 0.261 e. The second-order valence-electron chi connectivity index (χ2n) is 4.96. The first-order valence-corrected chi connectivity index (χ1v) is 9.27. The highest BCUT2D eigenvalue weighted by Gasteiger charge is 2.15. The predicted octanol–water partition coefficient (Wildman–Crippen LogP) is 2.93. The number of carbonyl (C=O) groups is 1. The molecule has 0 saturated heterocycles. The van der Waals surface area contributed by atoms with Crippen molar-refractivity contribution in [2.75, 3.05) is 11.3 Å². The molecule has 2 N–H and O–H groups in total. The van der Waals surface area contributed by atoms with Crippen LogP contribution in [-0.2, 0) is 21.2 Å². The summed E-state index contributed by atoms with van der Waals surface area (Å²) >= 11 is 3.31. The predicted molar refractivity (Wildman–Crippen MR) is 93.8 cm³/mol. The van der Waals surface area contributed by atoms with Gasteiger partial charge in [-0.1, -0.05) is 24.3 Å². The molecule has 0 unspecified atom stereocenters. The van der Waals surface area contributed by atoms with Gasteiger partial charge in [0, 0.05) is 17.9 Å². The Labute approximate surface area is 144 Å². The number of rotatable bonds is 6. The van der Waals surface area contributed by atoms with Crippen molar-refractivity contribution in [1.29, 1.82) is 0 Å². The molecular weight excluding hydrogens is 380 g/mol. The Morgan fingerprint density at radius 3 is 2.35 bits per heavy atom. The minimum Gasteiger partial charge on any atom is -0.356 e. The molecule has 1 amide bonds. The van der Waals surface area contributed by atoms with Crippen LogP contribution in [0.15, 0.2) is 57.9 Å². The number of para-hydroxylation sites is 1. The Morgan fingerprint density at radius 1 is 1.09 bits per heavy atom. The van der Waals surface area contributed by atoms with Crippen LogP contribution in [0, 0.1) is 0 Å². The molecule has 7 heteroatoms. The third kappa shape index (κ3) is 5.07. The van der Waals surface area contributed by atoms with E-state index in [2.05, 4.69) is 26.0 Å². The topological polar surface area (TPSA) is 75.3 Å². The van der Waals surface area contributed by atoms with Gasteiger partial charge in [0.2, 0.25) is 5.91 Å². The summed E-state index contributed by atoms with van der Waals surface area (Å²) in [5.41, 5.74) is 1.45. The number of sulfonamides is 1. The van der Waals surface area contributed by atoms with Gasteiger partial charge < -0.3 is 5.32 Å². The maximum Gasteiger partial charge on any atom is 0.261 e. The first-order valence-electron chi connectivity index (χ1n) is 6.99. The lowest BCUT2D eigenvalue weighted by Gasteiger charge is -2.10. The molecule has 0 atom stereocenters. The van der Waals surface area contributed by atoms with Gasteiger partial charge >= 0.3 is 0 Å². The molecule has 2 aromatic carbocycles. The quantitative estimate of drug-likeness (QED) is 0.787. The lowest BCUT2D eigenvalue weighted by Crippen LogP contribution is -2.22. The summed E-state index contributed by atoms with van der Waals surface area (Å²) in [4.78, 5) is 11.0. The second-order valence-corrected chi connectivity index (χ2v) is 7.50. The zero-order valence-electron chi connectivity index (χ0n) is 12.5. The summed E-state index contributed by atoms with van der Waals surface area (Å²) in [6.07, 6.45) is 0.650. The minimum atomic E-state index is -3.64. The molecule has 0 aliphatic rings. The molecule has 23 heavy (non-hydrogen) atoms. The molecule has 0 aliphatic heterocycles. The summed E-state index contributed by atoms with van der Waals surface area (Å²) in [6.45, 7) is 1.99. The Morgan fingerprint density at radius 2 is 1.74 bits per heavy atom. The van der Waals surface area contributed by atoms with Crippen LogP contribution < -0.4 is 10.0 Å². The van der Waals surface area contributed by atoms with Crippen LogP contribution >= 0.6 is 15.9 Å². The molecule has 0 aliphatic carbocycles. The van der Waals surface area contributed by atoms with Gasteiger partial charge in [0.15, 0.2) is 0 Å². The number of amides is 1. The Hall–Kier alpha value is -1.86. The van der Waals surface area contributed by atoms with Crippen LogP contribution in [0.5, 0.6) is 0 Å². The van der Waals surface area contributed by atoms with Crippen molar-refractivity contribution in [3.8, 4) is 0 Å². The van der Waals surface area contributed by atoms with Gasteiger partial charge in [-0.05, 0) is 52.2 Å². The Kier molecular flexibility index (Phi) is 5.79. The van der Waals surface area contributed by atoms with Crippen LogP contribution in [0.3, 0.4) is 0 Å². The van der Waals surface area contributed by atoms with Crippen LogP contribution in [0.2, 0.25) is 0 Å². The number of benzene rings is 2. The summed E-state index contributed by atoms with van der Waals surface area (Å²) < 4.78 is 28.0. The first-order chi connectivity index (χ1) is 10.9. The van der Waals surface area contributed by atoms with E-state index < -0.39 is 10.0 Å². The fourth-order valence-electron chi connectivity index (χ4n) is 1.97. The fourth-order valence-corrected chi connectivity index (χ4v) is 3.56. The van der Waals surface area contributed by atoms with E-state index in [-0.39, 0.29) is 10.8 Å². The summed E-state index contributed by atoms with van der Waals surface area (Å²) in [5.74, 6) is -0.0816. The summed E-state index contributed by atoms with van der Waals surface area (Å²) in [7, 11) is -3.64. The molecular formula is C16H17BrN2O3S. The number of halogens is 1. The average Bonchev–Trinajstić information content (AvgIpc) is 2.50. The van der Waals surface area contributed by atoms with Gasteiger partial charge in [-0.2, -0.15) is 0 Å². The molecule has 5 nitrogen and oxygen atoms in total. The lowest BCUT2D eigenvalue weighted by molar-refractivity contribution is -0.118. The summed E-state index contributed by atoms with van der Waals surface area (Å²) in [6, 6.07) is 13.6. The van der Waals surface area contributed by atoms with Gasteiger partial charge in [-0.15, -0.1) is 0 Å². The van der Waals surface area contributed by atoms with Crippen molar-refractivity contribution in [3.05, 3.63) is 58.6 Å². The minimum absolute atomic E-state index is 0.0816. The van der Waals surface area contributed by atoms with E-state index in [0.29, 0.717) is 23.1 Å². The van der Waals surface area contributed by atoms with E-state index in [9.17, 15) is 13.2 Å². The highest BCUT2D eigenvalue weighted by atomic mass is 79.9. The number of hydrogen-bond acceptors (Lipinski definition) is 3. The molecule has 122 valence electrons. The van der Waals surface area contributed by atoms with Crippen LogP contribution in [0.4, 0.5) is 5.69 Å². The van der Waals surface area contributed by atoms with Crippen molar-refractivity contribution >= 4 is 37.5 Å². The number of nitrogens with one attached hydrogen (secondary N) is 2. The zero-order valence-corrected chi connectivity index (χ0v) is 14.9. The van der Waals surface area contributed by atoms with Crippen LogP contribution in [0.25, 0.3) is 0 Å². The average molecular weight is 397 g/mol. The van der Waals surface area contributed by atoms with Gasteiger partial charge in [0.05, 0.1) is 10.6 Å². The van der Waals surface area contributed by atoms with E-state index >= 15 is 0 Å². The third-order valence-corrected chi connectivity index (χ3v) is 5.21. The first kappa shape index (κ1) is 17.5. The van der Waals surface area contributed by atoms with Crippen molar-refractivity contribution in [2.45, 2.75) is 18.2 Å². The van der Waals surface area contributed by atoms with Crippen molar-refractivity contribution in [1.82, 2.24) is 5.32 Å². The van der Waals surface area contributed by atoms with Crippen molar-refractivity contribution < 1.29 is 13.2 Å². The molecule has 0 saturated carbocycles. The monoisotopic (exact) mass is 396 g/mol. The molecule has 0 fully saturated rings. The molecule has 0 aromatic heterocycles. The lowest BCUT2D eigenvalue weighted by atomic mass is 10.1. The highest BCUT2D eigenvalue weighted by Crippen LogP contribution is 2.24. The van der Waals surface area contributed by atoms with Crippen molar-refractivity contribution in [2.24, 2.45) is 0 Å². The van der Waals surface area contributed by atoms with Crippen LogP contribution in [0.1, 0.15) is 12.5 Å². The molecule has 0 radical (unpaired) electrons. The van der Waals surface area contributed by atoms with E-state index in [1.807, 2.05) is 6.07 Å². The van der Waals surface area contributed by atoms with Gasteiger partial charge in [-0.25, -0.2) is 8.42 Å². The largest absolute Gasteiger partial charge is 0.356 e. The normalized spacial score (nSPS) is 11.0. The molecule has 0 bridgehead atoms. The SMILES string of the molecule is CC(=O)NCCc1ccc(S(=O)(=O)Nc2ccccc2Br)cc1. The van der Waals surface area contributed by atoms with E-state index in [1.54, 1.807) is 42.5 Å². The third-order valence-electron chi connectivity index (χ3n) is 3.14. The second kappa shape index (κ2) is 7.61. The number of hydrogen-bond donors (Lipinski definition) is 2. The fraction of sp³-hybridized carbons (Fsp3) is 0.188. The summed E-state index contributed by atoms with van der Waals surface area (Å²) in [5, 5.41) is 2.70. The Bertz CT molecular complexity index is 789. The highest BCUT2D eigenvalue weighted by molar-refractivity contribution is 9.10. The van der Waals surface area contributed by atoms with Gasteiger partial charge in [-0.3, -0.25) is 9.52 Å². The van der Waals surface area contributed by atoms with E-state index in [4.69, 9.17) is 0 Å². The maximum atomic E-state index is 12.4. The molecule has 2 rings (SSSR count). The van der Waals surface area contributed by atoms with Crippen molar-refractivity contribution in [3.63, 3.8) is 0 Å². The van der Waals surface area contributed by atoms with E-state index in [1.165, 1.54) is 6.92 Å². The molecule has 2 aromatic rings. The van der Waals surface area contributed by atoms with Gasteiger partial charge in [0.25, 0.3) is 10.0 Å². The van der Waals surface area contributed by atoms with E-state index in [0.717, 1.165) is 5.56 Å².